The highest BCUT2D eigenvalue weighted by molar-refractivity contribution is 6.62. The van der Waals surface area contributed by atoms with E-state index in [1.54, 1.807) is 7.11 Å². The van der Waals surface area contributed by atoms with Crippen LogP contribution in [0.4, 0.5) is 0 Å². The summed E-state index contributed by atoms with van der Waals surface area (Å²) in [4.78, 5) is 0. The van der Waals surface area contributed by atoms with Gasteiger partial charge < -0.3 is 14.0 Å². The van der Waals surface area contributed by atoms with Crippen molar-refractivity contribution in [3.8, 4) is 5.75 Å². The van der Waals surface area contributed by atoms with E-state index >= 15 is 0 Å². The van der Waals surface area contributed by atoms with Crippen molar-refractivity contribution in [3.63, 3.8) is 0 Å². The van der Waals surface area contributed by atoms with Crippen LogP contribution in [0.15, 0.2) is 12.1 Å². The molecule has 0 spiro atoms. The molecule has 1 saturated heterocycles. The highest BCUT2D eigenvalue weighted by atomic mass is 35.5. The first kappa shape index (κ1) is 14.2. The summed E-state index contributed by atoms with van der Waals surface area (Å²) in [5.41, 5.74) is 2.28. The molecule has 1 aromatic carbocycles. The molecule has 3 nitrogen and oxygen atoms in total. The number of hydrogen-bond acceptors (Lipinski definition) is 3. The predicted octanol–water partition coefficient (Wildman–Crippen LogP) is 2.99. The molecule has 0 N–H and O–H groups in total. The van der Waals surface area contributed by atoms with Gasteiger partial charge in [-0.1, -0.05) is 25.4 Å². The molecule has 1 aromatic rings. The summed E-state index contributed by atoms with van der Waals surface area (Å²) >= 11 is 6.43. The van der Waals surface area contributed by atoms with Gasteiger partial charge in [-0.15, -0.1) is 0 Å². The van der Waals surface area contributed by atoms with Crippen molar-refractivity contribution < 1.29 is 14.0 Å². The topological polar surface area (TPSA) is 27.7 Å². The number of halogens is 1. The lowest BCUT2D eigenvalue weighted by Gasteiger charge is -2.34. The summed E-state index contributed by atoms with van der Waals surface area (Å²) in [6.07, 6.45) is 2.38. The van der Waals surface area contributed by atoms with Crippen LogP contribution in [-0.2, 0) is 9.31 Å². The Morgan fingerprint density at radius 1 is 1.25 bits per heavy atom. The predicted molar refractivity (Wildman–Crippen MR) is 81.1 cm³/mol. The molecule has 3 rings (SSSR count). The number of benzene rings is 1. The SMILES string of the molecule is COc1cc(Cl)c(C2CC2)c(B2OCC(C)(C)CO2)c1. The average molecular weight is 295 g/mol. The lowest BCUT2D eigenvalue weighted by molar-refractivity contribution is 0.0342. The van der Waals surface area contributed by atoms with Crippen LogP contribution in [0.1, 0.15) is 38.2 Å². The van der Waals surface area contributed by atoms with Gasteiger partial charge in [-0.3, -0.25) is 0 Å². The first-order valence-electron chi connectivity index (χ1n) is 7.11. The third-order valence-electron chi connectivity index (χ3n) is 3.86. The van der Waals surface area contributed by atoms with Gasteiger partial charge in [0, 0.05) is 23.7 Å². The summed E-state index contributed by atoms with van der Waals surface area (Å²) in [5, 5.41) is 0.763. The van der Waals surface area contributed by atoms with Crippen LogP contribution in [0.5, 0.6) is 5.75 Å². The number of hydrogen-bond donors (Lipinski definition) is 0. The highest BCUT2D eigenvalue weighted by Gasteiger charge is 2.39. The van der Waals surface area contributed by atoms with E-state index in [1.807, 2.05) is 12.1 Å². The van der Waals surface area contributed by atoms with Gasteiger partial charge in [0.25, 0.3) is 0 Å². The Bertz CT molecular complexity index is 504. The zero-order valence-electron chi connectivity index (χ0n) is 12.2. The molecular formula is C15H20BClO3. The third-order valence-corrected chi connectivity index (χ3v) is 4.17. The lowest BCUT2D eigenvalue weighted by atomic mass is 9.72. The largest absolute Gasteiger partial charge is 0.497 e. The fourth-order valence-corrected chi connectivity index (χ4v) is 2.97. The van der Waals surface area contributed by atoms with Crippen molar-refractivity contribution in [2.45, 2.75) is 32.6 Å². The summed E-state index contributed by atoms with van der Waals surface area (Å²) in [6, 6.07) is 3.88. The third kappa shape index (κ3) is 2.83. The van der Waals surface area contributed by atoms with Crippen LogP contribution in [0.25, 0.3) is 0 Å². The second kappa shape index (κ2) is 5.25. The Labute approximate surface area is 125 Å². The van der Waals surface area contributed by atoms with Gasteiger partial charge in [0.2, 0.25) is 0 Å². The molecule has 1 aliphatic heterocycles. The van der Waals surface area contributed by atoms with Crippen molar-refractivity contribution in [2.75, 3.05) is 20.3 Å². The van der Waals surface area contributed by atoms with Crippen molar-refractivity contribution in [3.05, 3.63) is 22.7 Å². The smallest absolute Gasteiger partial charge is 0.494 e. The first-order valence-corrected chi connectivity index (χ1v) is 7.48. The zero-order chi connectivity index (χ0) is 14.3. The normalized spacial score (nSPS) is 21.9. The Balaban J connectivity index is 1.93. The minimum Gasteiger partial charge on any atom is -0.497 e. The van der Waals surface area contributed by atoms with Crippen LogP contribution in [-0.4, -0.2) is 27.4 Å². The second-order valence-electron chi connectivity index (χ2n) is 6.50. The van der Waals surface area contributed by atoms with E-state index in [1.165, 1.54) is 18.4 Å². The van der Waals surface area contributed by atoms with Gasteiger partial charge in [-0.05, 0) is 41.9 Å². The van der Waals surface area contributed by atoms with Crippen LogP contribution in [0, 0.1) is 5.41 Å². The molecule has 0 amide bonds. The van der Waals surface area contributed by atoms with Crippen molar-refractivity contribution in [1.29, 1.82) is 0 Å². The molecule has 20 heavy (non-hydrogen) atoms. The molecule has 1 aliphatic carbocycles. The highest BCUT2D eigenvalue weighted by Crippen LogP contribution is 2.43. The lowest BCUT2D eigenvalue weighted by Crippen LogP contribution is -2.48. The molecule has 108 valence electrons. The summed E-state index contributed by atoms with van der Waals surface area (Å²) < 4.78 is 17.2. The maximum absolute atomic E-state index is 6.43. The molecule has 0 unspecified atom stereocenters. The van der Waals surface area contributed by atoms with E-state index in [4.69, 9.17) is 25.6 Å². The Morgan fingerprint density at radius 3 is 2.45 bits per heavy atom. The first-order chi connectivity index (χ1) is 9.50. The fourth-order valence-electron chi connectivity index (χ4n) is 2.60. The van der Waals surface area contributed by atoms with Gasteiger partial charge in [0.05, 0.1) is 7.11 Å². The molecule has 2 fully saturated rings. The minimum absolute atomic E-state index is 0.0684. The summed E-state index contributed by atoms with van der Waals surface area (Å²) in [5.74, 6) is 1.30. The zero-order valence-corrected chi connectivity index (χ0v) is 13.0. The van der Waals surface area contributed by atoms with Gasteiger partial charge in [0.1, 0.15) is 5.75 Å². The van der Waals surface area contributed by atoms with Crippen LogP contribution in [0.2, 0.25) is 5.02 Å². The number of rotatable bonds is 3. The maximum atomic E-state index is 6.43. The van der Waals surface area contributed by atoms with Gasteiger partial charge in [0.15, 0.2) is 0 Å². The fraction of sp³-hybridized carbons (Fsp3) is 0.600. The van der Waals surface area contributed by atoms with E-state index in [0.29, 0.717) is 19.1 Å². The molecule has 0 radical (unpaired) electrons. The van der Waals surface area contributed by atoms with Gasteiger partial charge in [-0.25, -0.2) is 0 Å². The van der Waals surface area contributed by atoms with Gasteiger partial charge >= 0.3 is 7.12 Å². The molecule has 1 heterocycles. The van der Waals surface area contributed by atoms with E-state index in [-0.39, 0.29) is 12.5 Å². The molecule has 1 saturated carbocycles. The average Bonchev–Trinajstić information content (AvgIpc) is 3.22. The monoisotopic (exact) mass is 294 g/mol. The van der Waals surface area contributed by atoms with E-state index in [9.17, 15) is 0 Å². The van der Waals surface area contributed by atoms with Crippen molar-refractivity contribution >= 4 is 24.2 Å². The Morgan fingerprint density at radius 2 is 1.90 bits per heavy atom. The molecule has 0 bridgehead atoms. The molecule has 5 heteroatoms. The summed E-state index contributed by atoms with van der Waals surface area (Å²) in [6.45, 7) is 5.67. The summed E-state index contributed by atoms with van der Waals surface area (Å²) in [7, 11) is 1.32. The van der Waals surface area contributed by atoms with Crippen molar-refractivity contribution in [1.82, 2.24) is 0 Å². The molecule has 0 aromatic heterocycles. The maximum Gasteiger partial charge on any atom is 0.494 e. The molecule has 0 atom stereocenters. The van der Waals surface area contributed by atoms with E-state index in [2.05, 4.69) is 13.8 Å². The Kier molecular flexibility index (Phi) is 3.74. The van der Waals surface area contributed by atoms with Crippen LogP contribution >= 0.6 is 11.6 Å². The minimum atomic E-state index is -0.328. The van der Waals surface area contributed by atoms with E-state index in [0.717, 1.165) is 16.2 Å². The molecule has 2 aliphatic rings. The Hall–Kier alpha value is -0.705. The molecular weight excluding hydrogens is 274 g/mol. The van der Waals surface area contributed by atoms with Crippen molar-refractivity contribution in [2.24, 2.45) is 5.41 Å². The quantitative estimate of drug-likeness (QED) is 0.802. The van der Waals surface area contributed by atoms with Gasteiger partial charge in [-0.2, -0.15) is 0 Å². The van der Waals surface area contributed by atoms with Crippen LogP contribution in [0.3, 0.4) is 0 Å². The standard InChI is InChI=1S/C15H20BClO3/c1-15(2)8-19-16(20-9-15)12-6-11(18-3)7-13(17)14(12)10-4-5-10/h6-7,10H,4-5,8-9H2,1-3H3. The second-order valence-corrected chi connectivity index (χ2v) is 6.91. The van der Waals surface area contributed by atoms with Crippen LogP contribution < -0.4 is 10.2 Å². The number of methoxy groups -OCH3 is 1. The number of ether oxygens (including phenoxy) is 1. The van der Waals surface area contributed by atoms with E-state index < -0.39 is 0 Å².